The van der Waals surface area contributed by atoms with Gasteiger partial charge in [-0.25, -0.2) is 4.39 Å². The summed E-state index contributed by atoms with van der Waals surface area (Å²) >= 11 is 0. The van der Waals surface area contributed by atoms with Crippen LogP contribution in [0.3, 0.4) is 0 Å². The molecule has 106 valence electrons. The van der Waals surface area contributed by atoms with Gasteiger partial charge in [0, 0.05) is 18.4 Å². The van der Waals surface area contributed by atoms with Gasteiger partial charge in [-0.05, 0) is 29.8 Å². The monoisotopic (exact) mass is 278 g/mol. The van der Waals surface area contributed by atoms with Crippen LogP contribution in [-0.2, 0) is 4.74 Å². The van der Waals surface area contributed by atoms with E-state index in [1.165, 1.54) is 24.3 Å². The van der Waals surface area contributed by atoms with E-state index in [-0.39, 0.29) is 18.3 Å². The normalized spacial score (nSPS) is 28.0. The van der Waals surface area contributed by atoms with Gasteiger partial charge in [0.15, 0.2) is 5.79 Å². The van der Waals surface area contributed by atoms with Crippen LogP contribution >= 0.6 is 0 Å². The molecule has 3 N–H and O–H groups in total. The Hall–Kier alpha value is -1.69. The first-order valence-corrected chi connectivity index (χ1v) is 6.42. The molecule has 0 aromatic heterocycles. The summed E-state index contributed by atoms with van der Waals surface area (Å²) in [4.78, 5) is 0. The third kappa shape index (κ3) is 2.47. The predicted molar refractivity (Wildman–Crippen MR) is 68.8 cm³/mol. The van der Waals surface area contributed by atoms with Gasteiger partial charge in [-0.1, -0.05) is 12.1 Å². The number of rotatable bonds is 1. The lowest BCUT2D eigenvalue weighted by Crippen LogP contribution is -2.35. The van der Waals surface area contributed by atoms with Crippen molar-refractivity contribution in [3.63, 3.8) is 0 Å². The molecule has 2 atom stereocenters. The van der Waals surface area contributed by atoms with Crippen molar-refractivity contribution in [3.05, 3.63) is 59.1 Å². The number of aliphatic hydroxyl groups excluding tert-OH is 1. The molecule has 3 rings (SSSR count). The van der Waals surface area contributed by atoms with E-state index in [1.807, 2.05) is 0 Å². The zero-order chi connectivity index (χ0) is 14.3. The molecule has 2 unspecified atom stereocenters. The molecule has 0 bridgehead atoms. The SMILES string of the molecule is OC1CC(c2ccc(F)cc2)OC2=C1CC(O)(O)C=C2. The zero-order valence-corrected chi connectivity index (χ0v) is 10.7. The molecule has 0 saturated heterocycles. The molecule has 0 saturated carbocycles. The molecular weight excluding hydrogens is 263 g/mol. The Morgan fingerprint density at radius 2 is 1.90 bits per heavy atom. The lowest BCUT2D eigenvalue weighted by atomic mass is 9.88. The molecule has 1 aliphatic carbocycles. The van der Waals surface area contributed by atoms with E-state index in [0.717, 1.165) is 5.56 Å². The minimum atomic E-state index is -1.94. The van der Waals surface area contributed by atoms with Crippen LogP contribution in [0.25, 0.3) is 0 Å². The number of hydrogen-bond donors (Lipinski definition) is 3. The molecule has 0 spiro atoms. The fourth-order valence-corrected chi connectivity index (χ4v) is 2.57. The summed E-state index contributed by atoms with van der Waals surface area (Å²) in [6, 6.07) is 5.93. The van der Waals surface area contributed by atoms with Crippen molar-refractivity contribution in [2.45, 2.75) is 30.8 Å². The fraction of sp³-hybridized carbons (Fsp3) is 0.333. The molecule has 2 aliphatic rings. The number of ether oxygens (including phenoxy) is 1. The summed E-state index contributed by atoms with van der Waals surface area (Å²) in [5, 5.41) is 29.3. The van der Waals surface area contributed by atoms with Crippen LogP contribution < -0.4 is 0 Å². The van der Waals surface area contributed by atoms with E-state index in [4.69, 9.17) is 4.74 Å². The maximum Gasteiger partial charge on any atom is 0.187 e. The maximum atomic E-state index is 12.9. The Balaban J connectivity index is 1.86. The third-order valence-corrected chi connectivity index (χ3v) is 3.62. The van der Waals surface area contributed by atoms with E-state index in [9.17, 15) is 19.7 Å². The summed E-state index contributed by atoms with van der Waals surface area (Å²) in [6.07, 6.45) is 1.73. The molecule has 0 fully saturated rings. The molecule has 5 heteroatoms. The summed E-state index contributed by atoms with van der Waals surface area (Å²) in [7, 11) is 0. The predicted octanol–water partition coefficient (Wildman–Crippen LogP) is 1.54. The van der Waals surface area contributed by atoms with Gasteiger partial charge in [-0.2, -0.15) is 0 Å². The number of aliphatic hydroxyl groups is 3. The molecule has 20 heavy (non-hydrogen) atoms. The standard InChI is InChI=1S/C15H15FO4/c16-10-3-1-9(2-4-10)14-7-12(17)11-8-15(18,19)6-5-13(11)20-14/h1-6,12,14,17-19H,7-8H2. The molecule has 1 heterocycles. The van der Waals surface area contributed by atoms with Crippen molar-refractivity contribution < 1.29 is 24.4 Å². The van der Waals surface area contributed by atoms with Gasteiger partial charge in [0.05, 0.1) is 6.10 Å². The first kappa shape index (κ1) is 13.3. The van der Waals surface area contributed by atoms with Crippen molar-refractivity contribution in [3.8, 4) is 0 Å². The second-order valence-electron chi connectivity index (χ2n) is 5.19. The molecule has 1 aliphatic heterocycles. The quantitative estimate of drug-likeness (QED) is 0.682. The van der Waals surface area contributed by atoms with Crippen LogP contribution in [-0.4, -0.2) is 27.2 Å². The lowest BCUT2D eigenvalue weighted by Gasteiger charge is -2.35. The molecular formula is C15H15FO4. The second-order valence-corrected chi connectivity index (χ2v) is 5.19. The Morgan fingerprint density at radius 3 is 2.60 bits per heavy atom. The highest BCUT2D eigenvalue weighted by atomic mass is 19.1. The van der Waals surface area contributed by atoms with Gasteiger partial charge in [0.1, 0.15) is 17.7 Å². The van der Waals surface area contributed by atoms with Gasteiger partial charge in [0.2, 0.25) is 0 Å². The van der Waals surface area contributed by atoms with Crippen LogP contribution in [0.1, 0.15) is 24.5 Å². The van der Waals surface area contributed by atoms with E-state index in [0.29, 0.717) is 17.8 Å². The largest absolute Gasteiger partial charge is 0.486 e. The Morgan fingerprint density at radius 1 is 1.20 bits per heavy atom. The minimum Gasteiger partial charge on any atom is -0.486 e. The van der Waals surface area contributed by atoms with Crippen molar-refractivity contribution in [1.82, 2.24) is 0 Å². The van der Waals surface area contributed by atoms with E-state index < -0.39 is 11.9 Å². The molecule has 1 aromatic carbocycles. The van der Waals surface area contributed by atoms with Crippen molar-refractivity contribution >= 4 is 0 Å². The van der Waals surface area contributed by atoms with Crippen LogP contribution in [0.2, 0.25) is 0 Å². The number of benzene rings is 1. The van der Waals surface area contributed by atoms with E-state index in [2.05, 4.69) is 0 Å². The van der Waals surface area contributed by atoms with E-state index in [1.54, 1.807) is 12.1 Å². The van der Waals surface area contributed by atoms with Crippen LogP contribution in [0, 0.1) is 5.82 Å². The summed E-state index contributed by atoms with van der Waals surface area (Å²) in [6.45, 7) is 0. The molecule has 0 radical (unpaired) electrons. The average Bonchev–Trinajstić information content (AvgIpc) is 2.40. The number of allylic oxidation sites excluding steroid dienone is 1. The molecule has 0 amide bonds. The summed E-state index contributed by atoms with van der Waals surface area (Å²) < 4.78 is 18.7. The van der Waals surface area contributed by atoms with Crippen molar-refractivity contribution in [2.24, 2.45) is 0 Å². The number of halogens is 1. The zero-order valence-electron chi connectivity index (χ0n) is 10.7. The number of hydrogen-bond acceptors (Lipinski definition) is 4. The highest BCUT2D eigenvalue weighted by molar-refractivity contribution is 5.34. The van der Waals surface area contributed by atoms with Gasteiger partial charge in [0.25, 0.3) is 0 Å². The fourth-order valence-electron chi connectivity index (χ4n) is 2.57. The van der Waals surface area contributed by atoms with Gasteiger partial charge < -0.3 is 20.1 Å². The smallest absolute Gasteiger partial charge is 0.187 e. The maximum absolute atomic E-state index is 12.9. The first-order chi connectivity index (χ1) is 9.44. The second kappa shape index (κ2) is 4.70. The highest BCUT2D eigenvalue weighted by Gasteiger charge is 2.36. The van der Waals surface area contributed by atoms with Crippen molar-refractivity contribution in [2.75, 3.05) is 0 Å². The van der Waals surface area contributed by atoms with Crippen LogP contribution in [0.15, 0.2) is 47.7 Å². The van der Waals surface area contributed by atoms with Crippen molar-refractivity contribution in [1.29, 1.82) is 0 Å². The Bertz CT molecular complexity index is 574. The summed E-state index contributed by atoms with van der Waals surface area (Å²) in [5.41, 5.74) is 1.26. The first-order valence-electron chi connectivity index (χ1n) is 6.42. The highest BCUT2D eigenvalue weighted by Crippen LogP contribution is 2.39. The summed E-state index contributed by atoms with van der Waals surface area (Å²) in [5.74, 6) is -1.81. The van der Waals surface area contributed by atoms with Crippen LogP contribution in [0.4, 0.5) is 4.39 Å². The topological polar surface area (TPSA) is 69.9 Å². The third-order valence-electron chi connectivity index (χ3n) is 3.62. The lowest BCUT2D eigenvalue weighted by molar-refractivity contribution is -0.124. The van der Waals surface area contributed by atoms with Gasteiger partial charge in [-0.15, -0.1) is 0 Å². The Kier molecular flexibility index (Phi) is 3.12. The molecule has 4 nitrogen and oxygen atoms in total. The van der Waals surface area contributed by atoms with Gasteiger partial charge >= 0.3 is 0 Å². The minimum absolute atomic E-state index is 0.0733. The van der Waals surface area contributed by atoms with Crippen LogP contribution in [0.5, 0.6) is 0 Å². The average molecular weight is 278 g/mol. The van der Waals surface area contributed by atoms with E-state index >= 15 is 0 Å². The van der Waals surface area contributed by atoms with Gasteiger partial charge in [-0.3, -0.25) is 0 Å². The molecule has 1 aromatic rings. The Labute approximate surface area is 115 Å².